The molecule has 0 N–H and O–H groups in total. The summed E-state index contributed by atoms with van der Waals surface area (Å²) in [5, 5.41) is -1.17. The van der Waals surface area contributed by atoms with Gasteiger partial charge in [0.25, 0.3) is 0 Å². The highest BCUT2D eigenvalue weighted by Gasteiger charge is 2.36. The van der Waals surface area contributed by atoms with Crippen LogP contribution in [0.25, 0.3) is 10.9 Å². The third kappa shape index (κ3) is 2.60. The first-order chi connectivity index (χ1) is 8.60. The van der Waals surface area contributed by atoms with Crippen molar-refractivity contribution in [3.8, 4) is 0 Å². The predicted molar refractivity (Wildman–Crippen MR) is 56.8 cm³/mol. The van der Waals surface area contributed by atoms with E-state index in [1.165, 1.54) is 0 Å². The first-order valence-corrected chi connectivity index (χ1v) is 5.22. The zero-order valence-corrected chi connectivity index (χ0v) is 9.66. The van der Waals surface area contributed by atoms with E-state index in [0.717, 1.165) is 18.2 Å². The molecule has 0 aliphatic heterocycles. The molecule has 2 aromatic rings. The zero-order valence-electron chi connectivity index (χ0n) is 8.90. The fourth-order valence-electron chi connectivity index (χ4n) is 1.62. The van der Waals surface area contributed by atoms with E-state index in [9.17, 15) is 26.3 Å². The highest BCUT2D eigenvalue weighted by Crippen LogP contribution is 2.39. The molecule has 1 heterocycles. The molecule has 0 fully saturated rings. The average Bonchev–Trinajstić information content (AvgIpc) is 2.25. The summed E-state index contributed by atoms with van der Waals surface area (Å²) in [4.78, 5) is 3.17. The second-order valence-corrected chi connectivity index (χ2v) is 4.09. The third-order valence-electron chi connectivity index (χ3n) is 2.38. The van der Waals surface area contributed by atoms with Gasteiger partial charge in [0, 0.05) is 5.39 Å². The molecule has 1 aromatic carbocycles. The quantitative estimate of drug-likeness (QED) is 0.629. The lowest BCUT2D eigenvalue weighted by atomic mass is 10.1. The molecule has 1 nitrogen and oxygen atoms in total. The van der Waals surface area contributed by atoms with Gasteiger partial charge in [-0.3, -0.25) is 0 Å². The largest absolute Gasteiger partial charge is 0.433 e. The van der Waals surface area contributed by atoms with Gasteiger partial charge >= 0.3 is 12.4 Å². The number of fused-ring (bicyclic) bond motifs is 1. The molecule has 0 aliphatic rings. The first-order valence-electron chi connectivity index (χ1n) is 4.84. The Morgan fingerprint density at radius 3 is 2.11 bits per heavy atom. The Morgan fingerprint density at radius 1 is 0.947 bits per heavy atom. The number of hydrogen-bond acceptors (Lipinski definition) is 1. The van der Waals surface area contributed by atoms with Crippen molar-refractivity contribution in [2.24, 2.45) is 0 Å². The van der Waals surface area contributed by atoms with Crippen LogP contribution in [-0.2, 0) is 12.4 Å². The van der Waals surface area contributed by atoms with Crippen molar-refractivity contribution in [3.05, 3.63) is 40.5 Å². The summed E-state index contributed by atoms with van der Waals surface area (Å²) in [5.74, 6) is 0. The van der Waals surface area contributed by atoms with Gasteiger partial charge in [-0.15, -0.1) is 0 Å². The van der Waals surface area contributed by atoms with E-state index >= 15 is 0 Å². The van der Waals surface area contributed by atoms with Crippen LogP contribution in [0.2, 0.25) is 5.02 Å². The highest BCUT2D eigenvalue weighted by molar-refractivity contribution is 6.35. The van der Waals surface area contributed by atoms with Gasteiger partial charge < -0.3 is 0 Å². The Labute approximate surface area is 107 Å². The van der Waals surface area contributed by atoms with Crippen LogP contribution in [0.15, 0.2) is 24.3 Å². The second-order valence-electron chi connectivity index (χ2n) is 3.68. The fraction of sp³-hybridized carbons (Fsp3) is 0.182. The molecule has 8 heteroatoms. The number of aromatic nitrogens is 1. The van der Waals surface area contributed by atoms with Gasteiger partial charge in [-0.1, -0.05) is 17.7 Å². The van der Waals surface area contributed by atoms with Crippen LogP contribution in [0.4, 0.5) is 26.3 Å². The molecule has 102 valence electrons. The van der Waals surface area contributed by atoms with Crippen molar-refractivity contribution >= 4 is 22.5 Å². The molecule has 0 unspecified atom stereocenters. The molecule has 0 saturated heterocycles. The maximum absolute atomic E-state index is 12.7. The molecule has 0 bridgehead atoms. The molecule has 0 aliphatic carbocycles. The Bertz CT molecular complexity index is 631. The molecular formula is C11H4ClF6N. The molecule has 0 radical (unpaired) electrons. The number of hydrogen-bond donors (Lipinski definition) is 0. The van der Waals surface area contributed by atoms with Crippen LogP contribution in [0, 0.1) is 0 Å². The number of benzene rings is 1. The Balaban J connectivity index is 2.81. The van der Waals surface area contributed by atoms with Crippen molar-refractivity contribution in [2.45, 2.75) is 12.4 Å². The number of pyridine rings is 1. The van der Waals surface area contributed by atoms with Crippen molar-refractivity contribution in [3.63, 3.8) is 0 Å². The summed E-state index contributed by atoms with van der Waals surface area (Å²) in [5.41, 5.74) is -2.89. The van der Waals surface area contributed by atoms with Gasteiger partial charge in [0.2, 0.25) is 0 Å². The van der Waals surface area contributed by atoms with Crippen LogP contribution < -0.4 is 0 Å². The number of rotatable bonds is 0. The van der Waals surface area contributed by atoms with E-state index in [4.69, 9.17) is 11.6 Å². The normalized spacial score (nSPS) is 13.0. The first kappa shape index (κ1) is 13.9. The summed E-state index contributed by atoms with van der Waals surface area (Å²) in [6, 6.07) is 3.16. The van der Waals surface area contributed by atoms with Crippen LogP contribution in [0.5, 0.6) is 0 Å². The minimum absolute atomic E-state index is 0.388. The minimum atomic E-state index is -4.77. The molecule has 0 saturated carbocycles. The molecule has 2 rings (SSSR count). The van der Waals surface area contributed by atoms with E-state index in [0.29, 0.717) is 6.07 Å². The maximum atomic E-state index is 12.7. The van der Waals surface area contributed by atoms with E-state index in [-0.39, 0.29) is 0 Å². The lowest BCUT2D eigenvalue weighted by Gasteiger charge is -2.13. The van der Waals surface area contributed by atoms with E-state index in [1.807, 2.05) is 0 Å². The molecule has 19 heavy (non-hydrogen) atoms. The van der Waals surface area contributed by atoms with Gasteiger partial charge in [0.05, 0.1) is 16.1 Å². The van der Waals surface area contributed by atoms with E-state index in [1.54, 1.807) is 0 Å². The summed E-state index contributed by atoms with van der Waals surface area (Å²) in [7, 11) is 0. The standard InChI is InChI=1S/C11H4ClF6N/c12-6-4-8(11(16,17)18)19-7-3-1-2-5(9(6)7)10(13,14)15/h1-4H. The summed E-state index contributed by atoms with van der Waals surface area (Å²) in [6.07, 6.45) is -9.49. The maximum Gasteiger partial charge on any atom is 0.433 e. The van der Waals surface area contributed by atoms with E-state index in [2.05, 4.69) is 4.98 Å². The Morgan fingerprint density at radius 2 is 1.58 bits per heavy atom. The van der Waals surface area contributed by atoms with Crippen LogP contribution in [0.3, 0.4) is 0 Å². The van der Waals surface area contributed by atoms with Crippen LogP contribution in [-0.4, -0.2) is 4.98 Å². The van der Waals surface area contributed by atoms with Crippen molar-refractivity contribution in [1.29, 1.82) is 0 Å². The van der Waals surface area contributed by atoms with Crippen molar-refractivity contribution in [1.82, 2.24) is 4.98 Å². The lowest BCUT2D eigenvalue weighted by Crippen LogP contribution is -2.10. The Hall–Kier alpha value is -1.50. The van der Waals surface area contributed by atoms with Gasteiger partial charge in [-0.2, -0.15) is 26.3 Å². The number of alkyl halides is 6. The highest BCUT2D eigenvalue weighted by atomic mass is 35.5. The second kappa shape index (κ2) is 4.26. The molecule has 1 aromatic heterocycles. The summed E-state index contributed by atoms with van der Waals surface area (Å²) in [6.45, 7) is 0. The van der Waals surface area contributed by atoms with Gasteiger partial charge in [0.1, 0.15) is 5.69 Å². The van der Waals surface area contributed by atoms with Gasteiger partial charge in [0.15, 0.2) is 0 Å². The fourth-order valence-corrected chi connectivity index (χ4v) is 1.92. The van der Waals surface area contributed by atoms with Crippen molar-refractivity contribution in [2.75, 3.05) is 0 Å². The summed E-state index contributed by atoms with van der Waals surface area (Å²) >= 11 is 5.54. The zero-order chi connectivity index (χ0) is 14.4. The molecule has 0 amide bonds. The average molecular weight is 300 g/mol. The predicted octanol–water partition coefficient (Wildman–Crippen LogP) is 4.93. The minimum Gasteiger partial charge on any atom is -0.243 e. The lowest BCUT2D eigenvalue weighted by molar-refractivity contribution is -0.140. The van der Waals surface area contributed by atoms with Crippen LogP contribution in [0.1, 0.15) is 11.3 Å². The monoisotopic (exact) mass is 299 g/mol. The van der Waals surface area contributed by atoms with E-state index < -0.39 is 39.5 Å². The summed E-state index contributed by atoms with van der Waals surface area (Å²) < 4.78 is 75.6. The van der Waals surface area contributed by atoms with Crippen LogP contribution >= 0.6 is 11.6 Å². The molecule has 0 spiro atoms. The number of halogens is 7. The van der Waals surface area contributed by atoms with Gasteiger partial charge in [-0.05, 0) is 18.2 Å². The molecular weight excluding hydrogens is 296 g/mol. The van der Waals surface area contributed by atoms with Gasteiger partial charge in [-0.25, -0.2) is 4.98 Å². The Kier molecular flexibility index (Phi) is 3.12. The molecule has 0 atom stereocenters. The third-order valence-corrected chi connectivity index (χ3v) is 2.68. The SMILES string of the molecule is FC(F)(F)c1cc(Cl)c2c(C(F)(F)F)cccc2n1. The smallest absolute Gasteiger partial charge is 0.243 e. The number of nitrogens with zero attached hydrogens (tertiary/aromatic N) is 1. The topological polar surface area (TPSA) is 12.9 Å². The van der Waals surface area contributed by atoms with Crippen molar-refractivity contribution < 1.29 is 26.3 Å².